The number of nitrogens with zero attached hydrogens (tertiary/aromatic N) is 2. The number of carbonyl (C=O) groups is 1. The predicted octanol–water partition coefficient (Wildman–Crippen LogP) is 3.17. The summed E-state index contributed by atoms with van der Waals surface area (Å²) < 4.78 is 5.70. The maximum atomic E-state index is 10.9. The fourth-order valence-corrected chi connectivity index (χ4v) is 3.97. The highest BCUT2D eigenvalue weighted by Crippen LogP contribution is 2.24. The summed E-state index contributed by atoms with van der Waals surface area (Å²) in [4.78, 5) is 15.5. The molecule has 0 spiro atoms. The van der Waals surface area contributed by atoms with E-state index in [1.165, 1.54) is 0 Å². The predicted molar refractivity (Wildman–Crippen MR) is 120 cm³/mol. The first kappa shape index (κ1) is 22.2. The summed E-state index contributed by atoms with van der Waals surface area (Å²) in [5.41, 5.74) is 6.85. The number of hydrogen-bond acceptors (Lipinski definition) is 5. The van der Waals surface area contributed by atoms with Crippen molar-refractivity contribution in [1.82, 2.24) is 4.90 Å². The quantitative estimate of drug-likeness (QED) is 0.625. The number of carbonyl (C=O) groups excluding carboxylic acids is 1. The van der Waals surface area contributed by atoms with Gasteiger partial charge in [-0.1, -0.05) is 11.6 Å². The number of urea groups is 1. The number of halogens is 1. The number of nitrogens with one attached hydrogen (secondary N) is 1. The second-order valence-electron chi connectivity index (χ2n) is 7.75. The Hall–Kier alpha value is -2.48. The van der Waals surface area contributed by atoms with E-state index < -0.39 is 12.1 Å². The molecule has 0 aliphatic carbocycles. The molecule has 3 atom stereocenters. The number of rotatable bonds is 7. The molecule has 2 aromatic carbocycles. The van der Waals surface area contributed by atoms with E-state index in [1.54, 1.807) is 24.3 Å². The Bertz CT molecular complexity index is 819. The topological polar surface area (TPSA) is 91.1 Å². The molecule has 0 saturated carbocycles. The van der Waals surface area contributed by atoms with Crippen LogP contribution in [0.2, 0.25) is 5.02 Å². The van der Waals surface area contributed by atoms with E-state index in [4.69, 9.17) is 22.1 Å². The van der Waals surface area contributed by atoms with Crippen molar-refractivity contribution in [3.05, 3.63) is 53.6 Å². The average Bonchev–Trinajstić information content (AvgIpc) is 2.70. The van der Waals surface area contributed by atoms with E-state index in [1.807, 2.05) is 24.3 Å². The molecule has 1 aliphatic heterocycles. The number of aliphatic hydroxyl groups excluding tert-OH is 1. The highest BCUT2D eigenvalue weighted by atomic mass is 35.5. The molecule has 1 fully saturated rings. The van der Waals surface area contributed by atoms with Crippen LogP contribution in [0.3, 0.4) is 0 Å². The zero-order valence-electron chi connectivity index (χ0n) is 17.3. The monoisotopic (exact) mass is 432 g/mol. The Labute approximate surface area is 182 Å². The van der Waals surface area contributed by atoms with Crippen molar-refractivity contribution < 1.29 is 14.6 Å². The fraction of sp³-hybridized carbons (Fsp3) is 0.409. The standard InChI is InChI=1S/C22H29ClN4O3/c1-15-11-26(19-7-3-17(23)4-8-19)12-16(2)27(15)13-20(28)14-30-21-9-5-18(6-10-21)25-22(24)29/h3-10,15-16,20,28H,11-14H2,1-2H3,(H3,24,25,29)/t15-,16+,20-/m0/s1. The molecule has 3 rings (SSSR count). The minimum atomic E-state index is -0.613. The summed E-state index contributed by atoms with van der Waals surface area (Å²) >= 11 is 6.00. The lowest BCUT2D eigenvalue weighted by atomic mass is 10.1. The molecule has 8 heteroatoms. The molecule has 1 aliphatic rings. The van der Waals surface area contributed by atoms with Crippen molar-refractivity contribution in [2.24, 2.45) is 5.73 Å². The Kier molecular flexibility index (Phi) is 7.42. The van der Waals surface area contributed by atoms with Gasteiger partial charge in [-0.05, 0) is 62.4 Å². The molecular formula is C22H29ClN4O3. The minimum absolute atomic E-state index is 0.194. The van der Waals surface area contributed by atoms with Crippen molar-refractivity contribution >= 4 is 29.0 Å². The molecule has 0 unspecified atom stereocenters. The molecule has 2 amide bonds. The summed E-state index contributed by atoms with van der Waals surface area (Å²) in [6.45, 7) is 6.85. The Morgan fingerprint density at radius 3 is 2.33 bits per heavy atom. The van der Waals surface area contributed by atoms with Gasteiger partial charge in [-0.2, -0.15) is 0 Å². The van der Waals surface area contributed by atoms with E-state index in [2.05, 4.69) is 29.0 Å². The maximum Gasteiger partial charge on any atom is 0.316 e. The van der Waals surface area contributed by atoms with Crippen LogP contribution >= 0.6 is 11.6 Å². The summed E-state index contributed by atoms with van der Waals surface area (Å²) in [7, 11) is 0. The number of β-amino-alcohol motifs (C(OH)–C–C–N with tert-alkyl or cyclic N) is 1. The molecule has 0 aromatic heterocycles. The Morgan fingerprint density at radius 2 is 1.77 bits per heavy atom. The van der Waals surface area contributed by atoms with Gasteiger partial charge in [0, 0.05) is 48.1 Å². The first-order valence-corrected chi connectivity index (χ1v) is 10.4. The van der Waals surface area contributed by atoms with Gasteiger partial charge in [-0.25, -0.2) is 4.79 Å². The highest BCUT2D eigenvalue weighted by Gasteiger charge is 2.30. The van der Waals surface area contributed by atoms with Crippen LogP contribution in [0, 0.1) is 0 Å². The molecule has 0 bridgehead atoms. The van der Waals surface area contributed by atoms with Gasteiger partial charge in [0.15, 0.2) is 0 Å². The number of hydrogen-bond donors (Lipinski definition) is 3. The van der Waals surface area contributed by atoms with Crippen LogP contribution in [0.4, 0.5) is 16.2 Å². The number of aliphatic hydroxyl groups is 1. The van der Waals surface area contributed by atoms with Crippen LogP contribution in [0.15, 0.2) is 48.5 Å². The van der Waals surface area contributed by atoms with E-state index in [9.17, 15) is 9.90 Å². The van der Waals surface area contributed by atoms with Gasteiger partial charge in [0.25, 0.3) is 0 Å². The number of ether oxygens (including phenoxy) is 1. The van der Waals surface area contributed by atoms with Crippen LogP contribution < -0.4 is 20.7 Å². The van der Waals surface area contributed by atoms with Gasteiger partial charge >= 0.3 is 6.03 Å². The molecule has 7 nitrogen and oxygen atoms in total. The third kappa shape index (κ3) is 6.01. The van der Waals surface area contributed by atoms with Crippen LogP contribution in [0.5, 0.6) is 5.75 Å². The summed E-state index contributed by atoms with van der Waals surface area (Å²) in [6, 6.07) is 14.7. The molecule has 1 heterocycles. The van der Waals surface area contributed by atoms with Crippen molar-refractivity contribution in [1.29, 1.82) is 0 Å². The zero-order chi connectivity index (χ0) is 21.7. The smallest absolute Gasteiger partial charge is 0.316 e. The number of amides is 2. The maximum absolute atomic E-state index is 10.9. The van der Waals surface area contributed by atoms with Gasteiger partial charge < -0.3 is 25.8 Å². The summed E-state index contributed by atoms with van der Waals surface area (Å²) in [6.07, 6.45) is -0.611. The first-order valence-electron chi connectivity index (χ1n) is 10.1. The van der Waals surface area contributed by atoms with Crippen LogP contribution in [-0.2, 0) is 0 Å². The average molecular weight is 433 g/mol. The summed E-state index contributed by atoms with van der Waals surface area (Å²) in [5.74, 6) is 0.623. The van der Waals surface area contributed by atoms with Crippen molar-refractivity contribution in [3.8, 4) is 5.75 Å². The van der Waals surface area contributed by atoms with E-state index >= 15 is 0 Å². The van der Waals surface area contributed by atoms with Gasteiger partial charge in [0.2, 0.25) is 0 Å². The number of piperazine rings is 1. The largest absolute Gasteiger partial charge is 0.491 e. The second-order valence-corrected chi connectivity index (χ2v) is 8.19. The van der Waals surface area contributed by atoms with Crippen LogP contribution in [0.1, 0.15) is 13.8 Å². The Balaban J connectivity index is 1.49. The number of primary amides is 1. The molecule has 2 aromatic rings. The lowest BCUT2D eigenvalue weighted by Crippen LogP contribution is -2.58. The van der Waals surface area contributed by atoms with E-state index in [0.29, 0.717) is 30.1 Å². The highest BCUT2D eigenvalue weighted by molar-refractivity contribution is 6.30. The molecule has 162 valence electrons. The van der Waals surface area contributed by atoms with Crippen molar-refractivity contribution in [2.45, 2.75) is 32.0 Å². The van der Waals surface area contributed by atoms with Gasteiger partial charge in [0.05, 0.1) is 0 Å². The molecular weight excluding hydrogens is 404 g/mol. The Morgan fingerprint density at radius 1 is 1.17 bits per heavy atom. The van der Waals surface area contributed by atoms with Gasteiger partial charge in [-0.15, -0.1) is 0 Å². The van der Waals surface area contributed by atoms with E-state index in [0.717, 1.165) is 23.8 Å². The SMILES string of the molecule is C[C@@H]1CN(c2ccc(Cl)cc2)C[C@H](C)N1C[C@H](O)COc1ccc(NC(N)=O)cc1. The van der Waals surface area contributed by atoms with Gasteiger partial charge in [-0.3, -0.25) is 4.90 Å². The molecule has 1 saturated heterocycles. The van der Waals surface area contributed by atoms with E-state index in [-0.39, 0.29) is 6.61 Å². The van der Waals surface area contributed by atoms with Gasteiger partial charge in [0.1, 0.15) is 18.5 Å². The fourth-order valence-electron chi connectivity index (χ4n) is 3.84. The van der Waals surface area contributed by atoms with Crippen LogP contribution in [-0.4, -0.2) is 60.5 Å². The number of anilines is 2. The lowest BCUT2D eigenvalue weighted by molar-refractivity contribution is 0.0318. The van der Waals surface area contributed by atoms with Crippen molar-refractivity contribution in [3.63, 3.8) is 0 Å². The third-order valence-electron chi connectivity index (χ3n) is 5.28. The van der Waals surface area contributed by atoms with Crippen molar-refractivity contribution in [2.75, 3.05) is 36.5 Å². The number of benzene rings is 2. The molecule has 30 heavy (non-hydrogen) atoms. The number of nitrogens with two attached hydrogens (primary N) is 1. The first-order chi connectivity index (χ1) is 14.3. The van der Waals surface area contributed by atoms with Crippen LogP contribution in [0.25, 0.3) is 0 Å². The molecule has 0 radical (unpaired) electrons. The zero-order valence-corrected chi connectivity index (χ0v) is 18.0. The second kappa shape index (κ2) is 10.0. The normalized spacial score (nSPS) is 20.6. The minimum Gasteiger partial charge on any atom is -0.491 e. The summed E-state index contributed by atoms with van der Waals surface area (Å²) in [5, 5.41) is 13.7. The third-order valence-corrected chi connectivity index (χ3v) is 5.53. The lowest BCUT2D eigenvalue weighted by Gasteiger charge is -2.46. The molecule has 4 N–H and O–H groups in total.